The number of carbonyl (C=O) groups excluding carboxylic acids is 1. The van der Waals surface area contributed by atoms with Gasteiger partial charge in [0.25, 0.3) is 0 Å². The van der Waals surface area contributed by atoms with Crippen molar-refractivity contribution in [2.45, 2.75) is 206 Å². The average Bonchev–Trinajstić information content (AvgIpc) is 3.18. The standard InChI is InChI=1S/C50H85NO3/c1-3-5-7-9-11-13-15-17-18-19-20-21-22-23-24-25-26-27-28-29-30-31-32-34-36-38-40-42-44-46-50(54)51-48(47-52)49(53)45-43-41-39-37-35-33-16-14-12-10-8-6-4-2/h5,7,11,13,17-18,20-21,23-24,26-27,29-30,32,34,48-49,52-53H,3-4,6,8-10,12,14-16,19,22,25,28,31,33,35-47H2,1-2H3,(H,51,54)/b7-5-,13-11-,18-17-,21-20-,24-23-,27-26-,30-29-,34-32-. The van der Waals surface area contributed by atoms with Gasteiger partial charge in [0.2, 0.25) is 5.91 Å². The molecule has 0 heterocycles. The van der Waals surface area contributed by atoms with Crippen LogP contribution in [0, 0.1) is 0 Å². The molecule has 1 amide bonds. The van der Waals surface area contributed by atoms with Crippen LogP contribution in [0.5, 0.6) is 0 Å². The van der Waals surface area contributed by atoms with Crippen LogP contribution < -0.4 is 5.32 Å². The number of hydrogen-bond donors (Lipinski definition) is 3. The van der Waals surface area contributed by atoms with Gasteiger partial charge in [-0.05, 0) is 77.0 Å². The molecule has 308 valence electrons. The van der Waals surface area contributed by atoms with Gasteiger partial charge in [-0.15, -0.1) is 0 Å². The Morgan fingerprint density at radius 3 is 1.22 bits per heavy atom. The first-order valence-corrected chi connectivity index (χ1v) is 22.4. The molecule has 0 aliphatic rings. The van der Waals surface area contributed by atoms with Crippen LogP contribution in [0.4, 0.5) is 0 Å². The second-order valence-corrected chi connectivity index (χ2v) is 14.7. The Labute approximate surface area is 334 Å². The Kier molecular flexibility index (Phi) is 42.5. The zero-order chi connectivity index (χ0) is 39.3. The van der Waals surface area contributed by atoms with E-state index in [1.54, 1.807) is 0 Å². The number of aliphatic hydroxyl groups excluding tert-OH is 2. The largest absolute Gasteiger partial charge is 0.394 e. The fraction of sp³-hybridized carbons (Fsp3) is 0.660. The van der Waals surface area contributed by atoms with Crippen LogP contribution in [0.1, 0.15) is 194 Å². The van der Waals surface area contributed by atoms with Crippen molar-refractivity contribution < 1.29 is 15.0 Å². The highest BCUT2D eigenvalue weighted by Crippen LogP contribution is 2.14. The highest BCUT2D eigenvalue weighted by Gasteiger charge is 2.19. The summed E-state index contributed by atoms with van der Waals surface area (Å²) in [4.78, 5) is 12.4. The molecule has 2 atom stereocenters. The third kappa shape index (κ3) is 40.5. The molecular formula is C50H85NO3. The molecule has 3 N–H and O–H groups in total. The van der Waals surface area contributed by atoms with Crippen molar-refractivity contribution >= 4 is 5.91 Å². The predicted molar refractivity (Wildman–Crippen MR) is 239 cm³/mol. The van der Waals surface area contributed by atoms with Gasteiger partial charge in [0.15, 0.2) is 0 Å². The van der Waals surface area contributed by atoms with E-state index in [-0.39, 0.29) is 12.5 Å². The molecule has 0 saturated carbocycles. The highest BCUT2D eigenvalue weighted by molar-refractivity contribution is 5.76. The number of rotatable bonds is 39. The lowest BCUT2D eigenvalue weighted by Crippen LogP contribution is -2.45. The number of amides is 1. The van der Waals surface area contributed by atoms with E-state index in [2.05, 4.69) is 116 Å². The minimum atomic E-state index is -0.676. The van der Waals surface area contributed by atoms with E-state index in [0.29, 0.717) is 12.8 Å². The summed E-state index contributed by atoms with van der Waals surface area (Å²) in [6.07, 6.45) is 66.2. The molecule has 0 spiro atoms. The van der Waals surface area contributed by atoms with Gasteiger partial charge in [-0.3, -0.25) is 4.79 Å². The van der Waals surface area contributed by atoms with Crippen molar-refractivity contribution in [3.05, 3.63) is 97.2 Å². The van der Waals surface area contributed by atoms with Gasteiger partial charge in [0.1, 0.15) is 0 Å². The molecule has 0 bridgehead atoms. The molecule has 0 aliphatic carbocycles. The molecule has 54 heavy (non-hydrogen) atoms. The predicted octanol–water partition coefficient (Wildman–Crippen LogP) is 14.2. The number of nitrogens with one attached hydrogen (secondary N) is 1. The number of hydrogen-bond acceptors (Lipinski definition) is 3. The average molecular weight is 748 g/mol. The number of unbranched alkanes of at least 4 members (excludes halogenated alkanes) is 16. The maximum atomic E-state index is 12.4. The second kappa shape index (κ2) is 44.7. The Hall–Kier alpha value is -2.69. The van der Waals surface area contributed by atoms with Gasteiger partial charge in [-0.2, -0.15) is 0 Å². The molecule has 0 aliphatic heterocycles. The van der Waals surface area contributed by atoms with Crippen molar-refractivity contribution in [3.63, 3.8) is 0 Å². The van der Waals surface area contributed by atoms with Crippen LogP contribution >= 0.6 is 0 Å². The zero-order valence-electron chi connectivity index (χ0n) is 35.2. The monoisotopic (exact) mass is 748 g/mol. The Morgan fingerprint density at radius 2 is 0.815 bits per heavy atom. The summed E-state index contributed by atoms with van der Waals surface area (Å²) >= 11 is 0. The molecule has 4 nitrogen and oxygen atoms in total. The fourth-order valence-corrected chi connectivity index (χ4v) is 6.20. The van der Waals surface area contributed by atoms with E-state index in [1.807, 2.05) is 0 Å². The van der Waals surface area contributed by atoms with Crippen LogP contribution in [0.2, 0.25) is 0 Å². The normalized spacial score (nSPS) is 13.9. The van der Waals surface area contributed by atoms with Gasteiger partial charge in [-0.1, -0.05) is 207 Å². The lowest BCUT2D eigenvalue weighted by molar-refractivity contribution is -0.123. The quantitative estimate of drug-likeness (QED) is 0.0433. The summed E-state index contributed by atoms with van der Waals surface area (Å²) in [5.74, 6) is -0.0610. The van der Waals surface area contributed by atoms with Crippen LogP contribution in [-0.2, 0) is 4.79 Å². The molecule has 0 aromatic carbocycles. The molecule has 0 fully saturated rings. The minimum Gasteiger partial charge on any atom is -0.394 e. The summed E-state index contributed by atoms with van der Waals surface area (Å²) in [5, 5.41) is 23.1. The maximum Gasteiger partial charge on any atom is 0.220 e. The van der Waals surface area contributed by atoms with Crippen molar-refractivity contribution in [3.8, 4) is 0 Å². The first-order valence-electron chi connectivity index (χ1n) is 22.4. The van der Waals surface area contributed by atoms with Gasteiger partial charge in [0, 0.05) is 6.42 Å². The molecule has 0 rings (SSSR count). The summed E-state index contributed by atoms with van der Waals surface area (Å²) < 4.78 is 0. The summed E-state index contributed by atoms with van der Waals surface area (Å²) in [5.41, 5.74) is 0. The van der Waals surface area contributed by atoms with E-state index in [0.717, 1.165) is 96.3 Å². The van der Waals surface area contributed by atoms with Crippen molar-refractivity contribution in [1.29, 1.82) is 0 Å². The summed E-state index contributed by atoms with van der Waals surface area (Å²) in [6.45, 7) is 4.22. The Morgan fingerprint density at radius 1 is 0.463 bits per heavy atom. The van der Waals surface area contributed by atoms with Gasteiger partial charge in [0.05, 0.1) is 18.8 Å². The van der Waals surface area contributed by atoms with E-state index < -0.39 is 12.1 Å². The topological polar surface area (TPSA) is 69.6 Å². The van der Waals surface area contributed by atoms with E-state index >= 15 is 0 Å². The maximum absolute atomic E-state index is 12.4. The Bertz CT molecular complexity index is 1030. The lowest BCUT2D eigenvalue weighted by Gasteiger charge is -2.22. The number of aliphatic hydroxyl groups is 2. The zero-order valence-corrected chi connectivity index (χ0v) is 35.2. The minimum absolute atomic E-state index is 0.0610. The van der Waals surface area contributed by atoms with Crippen LogP contribution in [-0.4, -0.2) is 34.9 Å². The second-order valence-electron chi connectivity index (χ2n) is 14.7. The smallest absolute Gasteiger partial charge is 0.220 e. The highest BCUT2D eigenvalue weighted by atomic mass is 16.3. The van der Waals surface area contributed by atoms with E-state index in [1.165, 1.54) is 70.6 Å². The van der Waals surface area contributed by atoms with Crippen molar-refractivity contribution in [1.82, 2.24) is 5.32 Å². The number of allylic oxidation sites excluding steroid dienone is 16. The van der Waals surface area contributed by atoms with E-state index in [9.17, 15) is 15.0 Å². The Balaban J connectivity index is 3.68. The van der Waals surface area contributed by atoms with Crippen LogP contribution in [0.15, 0.2) is 97.2 Å². The molecule has 4 heteroatoms. The van der Waals surface area contributed by atoms with E-state index in [4.69, 9.17) is 0 Å². The lowest BCUT2D eigenvalue weighted by atomic mass is 10.0. The molecule has 0 aromatic heterocycles. The van der Waals surface area contributed by atoms with Crippen molar-refractivity contribution in [2.24, 2.45) is 0 Å². The summed E-state index contributed by atoms with van der Waals surface area (Å²) in [6, 6.07) is -0.556. The number of carbonyl (C=O) groups is 1. The third-order valence-electron chi connectivity index (χ3n) is 9.61. The van der Waals surface area contributed by atoms with Gasteiger partial charge >= 0.3 is 0 Å². The summed E-state index contributed by atoms with van der Waals surface area (Å²) in [7, 11) is 0. The van der Waals surface area contributed by atoms with Crippen molar-refractivity contribution in [2.75, 3.05) is 6.61 Å². The fourth-order valence-electron chi connectivity index (χ4n) is 6.20. The SMILES string of the molecule is CC/C=C\C/C=C\C/C=C\C/C=C\C/C=C\C/C=C\C/C=C\C/C=C\CCCCCCC(=O)NC(CO)C(O)CCCCCCCCCCCCCCC. The van der Waals surface area contributed by atoms with Gasteiger partial charge < -0.3 is 15.5 Å². The molecule has 0 radical (unpaired) electrons. The molecule has 0 aromatic rings. The van der Waals surface area contributed by atoms with Gasteiger partial charge in [-0.25, -0.2) is 0 Å². The van der Waals surface area contributed by atoms with Crippen LogP contribution in [0.3, 0.4) is 0 Å². The first kappa shape index (κ1) is 51.3. The first-order chi connectivity index (χ1) is 26.7. The third-order valence-corrected chi connectivity index (χ3v) is 9.61. The van der Waals surface area contributed by atoms with Crippen LogP contribution in [0.25, 0.3) is 0 Å². The molecule has 0 saturated heterocycles. The molecular weight excluding hydrogens is 663 g/mol. The molecule has 2 unspecified atom stereocenters.